The first-order valence-electron chi connectivity index (χ1n) is 17.7. The highest BCUT2D eigenvalue weighted by Crippen LogP contribution is 2.16. The van der Waals surface area contributed by atoms with Gasteiger partial charge in [-0.3, -0.25) is 14.6 Å². The summed E-state index contributed by atoms with van der Waals surface area (Å²) >= 11 is 6.19. The molecule has 0 atom stereocenters. The monoisotopic (exact) mass is 755 g/mol. The Bertz CT molecular complexity index is 1800. The quantitative estimate of drug-likeness (QED) is 0.0286. The van der Waals surface area contributed by atoms with Gasteiger partial charge in [0.05, 0.1) is 33.0 Å². The van der Waals surface area contributed by atoms with Gasteiger partial charge in [-0.2, -0.15) is 0 Å². The van der Waals surface area contributed by atoms with Crippen LogP contribution in [0.1, 0.15) is 53.5 Å². The van der Waals surface area contributed by atoms with Crippen molar-refractivity contribution in [1.29, 1.82) is 0 Å². The standard InChI is InChI=1S/C38H42ClN7O5.C3H8/c1-27(40-20-22-50-24-25-51-23-21-41-36(48)29-8-4-3-5-9-29)44-38(46-33-16-18-34(47)19-17-33)45-28(2)43-32-14-12-30(13-15-32)37(49)42-26-31-10-6-7-11-35(31)39;1-3-2/h3-19,43,47H,2,20-26H2,1H3,(H,41,48)(H,42,49)(H2,40,44,45,46);3H2,1-2H3. The first-order chi connectivity index (χ1) is 26.2. The summed E-state index contributed by atoms with van der Waals surface area (Å²) in [5.41, 5.74) is 3.31. The van der Waals surface area contributed by atoms with Crippen molar-refractivity contribution in [1.82, 2.24) is 16.0 Å². The predicted octanol–water partition coefficient (Wildman–Crippen LogP) is 7.21. The molecule has 0 aliphatic rings. The molecule has 286 valence electrons. The van der Waals surface area contributed by atoms with Gasteiger partial charge in [0, 0.05) is 40.6 Å². The summed E-state index contributed by atoms with van der Waals surface area (Å²) in [6.07, 6.45) is 1.25. The second-order valence-corrected chi connectivity index (χ2v) is 12.1. The van der Waals surface area contributed by atoms with Crippen LogP contribution in [-0.2, 0) is 16.0 Å². The molecule has 4 aromatic carbocycles. The number of benzene rings is 4. The van der Waals surface area contributed by atoms with Crippen LogP contribution >= 0.6 is 11.6 Å². The van der Waals surface area contributed by atoms with Gasteiger partial charge in [0.25, 0.3) is 11.8 Å². The number of phenolic OH excluding ortho intramolecular Hbond substituents is 1. The second-order valence-electron chi connectivity index (χ2n) is 11.7. The van der Waals surface area contributed by atoms with E-state index in [0.29, 0.717) is 91.2 Å². The van der Waals surface area contributed by atoms with Crippen LogP contribution in [0.5, 0.6) is 5.75 Å². The van der Waals surface area contributed by atoms with Crippen molar-refractivity contribution in [2.45, 2.75) is 33.7 Å². The fourth-order valence-electron chi connectivity index (χ4n) is 4.46. The van der Waals surface area contributed by atoms with Crippen molar-refractivity contribution in [3.05, 3.63) is 137 Å². The molecule has 0 radical (unpaired) electrons. The summed E-state index contributed by atoms with van der Waals surface area (Å²) in [6, 6.07) is 29.8. The molecule has 4 aromatic rings. The third kappa shape index (κ3) is 16.8. The van der Waals surface area contributed by atoms with Crippen molar-refractivity contribution in [3.63, 3.8) is 0 Å². The molecular weight excluding hydrogens is 706 g/mol. The van der Waals surface area contributed by atoms with Gasteiger partial charge < -0.3 is 41.2 Å². The first kappa shape index (κ1) is 42.7. The molecule has 13 heteroatoms. The maximum absolute atomic E-state index is 12.7. The summed E-state index contributed by atoms with van der Waals surface area (Å²) in [6.45, 7) is 12.7. The highest BCUT2D eigenvalue weighted by atomic mass is 35.5. The Hall–Kier alpha value is -5.69. The van der Waals surface area contributed by atoms with Gasteiger partial charge >= 0.3 is 0 Å². The number of amides is 2. The van der Waals surface area contributed by atoms with Crippen LogP contribution in [0.2, 0.25) is 5.02 Å². The molecule has 0 aliphatic heterocycles. The van der Waals surface area contributed by atoms with Gasteiger partial charge in [0.1, 0.15) is 17.4 Å². The van der Waals surface area contributed by atoms with E-state index in [1.165, 1.54) is 6.42 Å². The van der Waals surface area contributed by atoms with E-state index in [2.05, 4.69) is 57.0 Å². The number of aromatic hydroxyl groups is 1. The average molecular weight is 756 g/mol. The smallest absolute Gasteiger partial charge is 0.251 e. The zero-order valence-electron chi connectivity index (χ0n) is 31.0. The average Bonchev–Trinajstić information content (AvgIpc) is 3.16. The number of hydrogen-bond acceptors (Lipinski definition) is 7. The van der Waals surface area contributed by atoms with Gasteiger partial charge in [-0.1, -0.05) is 74.8 Å². The van der Waals surface area contributed by atoms with Crippen molar-refractivity contribution in [2.24, 2.45) is 9.98 Å². The molecule has 0 spiro atoms. The molecule has 12 nitrogen and oxygen atoms in total. The van der Waals surface area contributed by atoms with Crippen LogP contribution in [0.3, 0.4) is 0 Å². The van der Waals surface area contributed by atoms with E-state index >= 15 is 0 Å². The minimum Gasteiger partial charge on any atom is -0.508 e. The van der Waals surface area contributed by atoms with Crippen molar-refractivity contribution < 1.29 is 24.2 Å². The number of nitrogens with zero attached hydrogens (tertiary/aromatic N) is 2. The Labute approximate surface area is 322 Å². The lowest BCUT2D eigenvalue weighted by Gasteiger charge is -2.16. The Balaban J connectivity index is 0.00000253. The predicted molar refractivity (Wildman–Crippen MR) is 218 cm³/mol. The number of anilines is 2. The van der Waals surface area contributed by atoms with Crippen LogP contribution < -0.4 is 26.6 Å². The minimum atomic E-state index is -0.221. The van der Waals surface area contributed by atoms with E-state index in [4.69, 9.17) is 21.1 Å². The number of halogens is 1. The SMILES string of the molecule is C=C(NC(=NC(C)=NCCOCCOCCNC(=O)c1ccccc1)Nc1ccc(O)cc1)Nc1ccc(C(=O)NCc2ccccc2Cl)cc1.CCC. The number of carbonyl (C=O) groups excluding carboxylic acids is 2. The number of rotatable bonds is 17. The number of carbonyl (C=O) groups is 2. The van der Waals surface area contributed by atoms with Gasteiger partial charge in [-0.25, -0.2) is 4.99 Å². The van der Waals surface area contributed by atoms with Gasteiger partial charge in [0.2, 0.25) is 5.96 Å². The summed E-state index contributed by atoms with van der Waals surface area (Å²) in [5.74, 6) is 1.01. The first-order valence-corrected chi connectivity index (χ1v) is 18.0. The van der Waals surface area contributed by atoms with Gasteiger partial charge in [0.15, 0.2) is 0 Å². The van der Waals surface area contributed by atoms with Crippen molar-refractivity contribution >= 4 is 46.6 Å². The lowest BCUT2D eigenvalue weighted by molar-refractivity contribution is 0.0512. The molecule has 2 amide bonds. The molecule has 6 N–H and O–H groups in total. The third-order valence-electron chi connectivity index (χ3n) is 7.03. The van der Waals surface area contributed by atoms with Crippen LogP contribution in [0, 0.1) is 0 Å². The van der Waals surface area contributed by atoms with E-state index < -0.39 is 0 Å². The Morgan fingerprint density at radius 3 is 2.00 bits per heavy atom. The van der Waals surface area contributed by atoms with Gasteiger partial charge in [-0.15, -0.1) is 0 Å². The van der Waals surface area contributed by atoms with Gasteiger partial charge in [-0.05, 0) is 79.2 Å². The number of hydrogen-bond donors (Lipinski definition) is 6. The van der Waals surface area contributed by atoms with Crippen LogP contribution in [0.4, 0.5) is 11.4 Å². The fourth-order valence-corrected chi connectivity index (χ4v) is 4.66. The summed E-state index contributed by atoms with van der Waals surface area (Å²) in [7, 11) is 0. The van der Waals surface area contributed by atoms with Crippen molar-refractivity contribution in [2.75, 3.05) is 50.2 Å². The second kappa shape index (κ2) is 24.5. The highest BCUT2D eigenvalue weighted by molar-refractivity contribution is 6.31. The lowest BCUT2D eigenvalue weighted by Crippen LogP contribution is -2.33. The summed E-state index contributed by atoms with van der Waals surface area (Å²) in [5, 5.41) is 25.4. The molecule has 0 heterocycles. The molecule has 0 aliphatic carbocycles. The highest BCUT2D eigenvalue weighted by Gasteiger charge is 2.09. The number of guanidine groups is 1. The molecule has 0 bridgehead atoms. The molecule has 0 saturated carbocycles. The van der Waals surface area contributed by atoms with E-state index in [1.807, 2.05) is 36.4 Å². The Morgan fingerprint density at radius 1 is 0.741 bits per heavy atom. The number of phenols is 1. The lowest BCUT2D eigenvalue weighted by atomic mass is 10.1. The molecular formula is C41H50ClN7O5. The van der Waals surface area contributed by atoms with E-state index in [1.54, 1.807) is 73.7 Å². The molecule has 0 aromatic heterocycles. The Morgan fingerprint density at radius 2 is 1.31 bits per heavy atom. The van der Waals surface area contributed by atoms with E-state index in [0.717, 1.165) is 5.56 Å². The Kier molecular flexibility index (Phi) is 19.4. The normalized spacial score (nSPS) is 11.1. The molecule has 4 rings (SSSR count). The van der Waals surface area contributed by atoms with E-state index in [-0.39, 0.29) is 17.6 Å². The molecule has 0 fully saturated rings. The number of amidine groups is 1. The molecule has 54 heavy (non-hydrogen) atoms. The van der Waals surface area contributed by atoms with E-state index in [9.17, 15) is 14.7 Å². The fraction of sp³-hybridized carbons (Fsp3) is 0.268. The minimum absolute atomic E-state index is 0.136. The summed E-state index contributed by atoms with van der Waals surface area (Å²) in [4.78, 5) is 33.7. The topological polar surface area (TPSA) is 158 Å². The number of nitrogens with one attached hydrogen (secondary N) is 5. The number of aliphatic imine (C=N–C) groups is 2. The third-order valence-corrected chi connectivity index (χ3v) is 7.40. The maximum atomic E-state index is 12.7. The molecule has 0 saturated heterocycles. The zero-order chi connectivity index (χ0) is 39.0. The maximum Gasteiger partial charge on any atom is 0.251 e. The van der Waals surface area contributed by atoms with Crippen LogP contribution in [0.25, 0.3) is 0 Å². The van der Waals surface area contributed by atoms with Crippen LogP contribution in [-0.4, -0.2) is 68.2 Å². The van der Waals surface area contributed by atoms with Crippen LogP contribution in [0.15, 0.2) is 126 Å². The largest absolute Gasteiger partial charge is 0.508 e. The summed E-state index contributed by atoms with van der Waals surface area (Å²) < 4.78 is 11.1. The van der Waals surface area contributed by atoms with Crippen molar-refractivity contribution in [3.8, 4) is 5.75 Å². The zero-order valence-corrected chi connectivity index (χ0v) is 31.8. The molecule has 0 unspecified atom stereocenters. The number of ether oxygens (including phenoxy) is 2.